The SMILES string of the molecule is CCOC(=O)c1ncc(C(=O)NC2CCN(C(C)C)CC2)n1Cc1cc(-c2ccc(Cl)s2)on1. The van der Waals surface area contributed by atoms with Crippen molar-refractivity contribution < 1.29 is 18.8 Å². The van der Waals surface area contributed by atoms with Gasteiger partial charge in [0.25, 0.3) is 5.91 Å². The molecule has 0 aromatic carbocycles. The van der Waals surface area contributed by atoms with E-state index in [2.05, 4.69) is 34.2 Å². The van der Waals surface area contributed by atoms with Gasteiger partial charge in [-0.3, -0.25) is 4.79 Å². The molecule has 3 aromatic heterocycles. The summed E-state index contributed by atoms with van der Waals surface area (Å²) in [5, 5.41) is 7.22. The van der Waals surface area contributed by atoms with Gasteiger partial charge in [0.05, 0.1) is 28.6 Å². The van der Waals surface area contributed by atoms with Crippen molar-refractivity contribution in [3.63, 3.8) is 0 Å². The number of hydrogen-bond acceptors (Lipinski definition) is 8. The fraction of sp³-hybridized carbons (Fsp3) is 0.478. The van der Waals surface area contributed by atoms with Gasteiger partial charge in [-0.25, -0.2) is 9.78 Å². The van der Waals surface area contributed by atoms with Crippen molar-refractivity contribution in [2.75, 3.05) is 19.7 Å². The number of nitrogens with zero attached hydrogens (tertiary/aromatic N) is 4. The number of likely N-dealkylation sites (tertiary alicyclic amines) is 1. The number of halogens is 1. The largest absolute Gasteiger partial charge is 0.460 e. The molecule has 1 aliphatic rings. The highest BCUT2D eigenvalue weighted by atomic mass is 35.5. The van der Waals surface area contributed by atoms with E-state index in [-0.39, 0.29) is 36.6 Å². The average Bonchev–Trinajstić information content (AvgIpc) is 3.54. The molecule has 0 atom stereocenters. The third-order valence-corrected chi connectivity index (χ3v) is 7.08. The van der Waals surface area contributed by atoms with Crippen molar-refractivity contribution in [2.24, 2.45) is 0 Å². The van der Waals surface area contributed by atoms with Gasteiger partial charge in [-0.15, -0.1) is 11.3 Å². The molecule has 1 amide bonds. The summed E-state index contributed by atoms with van der Waals surface area (Å²) in [6.45, 7) is 8.28. The molecule has 1 aliphatic heterocycles. The van der Waals surface area contributed by atoms with E-state index >= 15 is 0 Å². The van der Waals surface area contributed by atoms with Gasteiger partial charge in [0.2, 0.25) is 5.82 Å². The molecule has 11 heteroatoms. The topological polar surface area (TPSA) is 102 Å². The van der Waals surface area contributed by atoms with Gasteiger partial charge in [0.15, 0.2) is 5.76 Å². The average molecular weight is 506 g/mol. The van der Waals surface area contributed by atoms with E-state index in [1.165, 1.54) is 22.1 Å². The zero-order valence-corrected chi connectivity index (χ0v) is 21.0. The zero-order valence-electron chi connectivity index (χ0n) is 19.4. The minimum atomic E-state index is -0.597. The number of nitrogens with one attached hydrogen (secondary N) is 1. The van der Waals surface area contributed by atoms with Crippen LogP contribution in [0.5, 0.6) is 0 Å². The number of carbonyl (C=O) groups is 2. The molecular formula is C23H28ClN5O4S. The molecule has 0 unspecified atom stereocenters. The monoisotopic (exact) mass is 505 g/mol. The van der Waals surface area contributed by atoms with E-state index in [0.717, 1.165) is 30.8 Å². The summed E-state index contributed by atoms with van der Waals surface area (Å²) in [5.41, 5.74) is 0.820. The molecule has 3 aromatic rings. The fourth-order valence-electron chi connectivity index (χ4n) is 4.01. The van der Waals surface area contributed by atoms with Crippen LogP contribution in [0, 0.1) is 0 Å². The van der Waals surface area contributed by atoms with Crippen LogP contribution in [-0.4, -0.2) is 63.3 Å². The summed E-state index contributed by atoms with van der Waals surface area (Å²) in [6, 6.07) is 5.96. The van der Waals surface area contributed by atoms with Gasteiger partial charge in [-0.05, 0) is 45.7 Å². The lowest BCUT2D eigenvalue weighted by molar-refractivity contribution is 0.0506. The number of ether oxygens (including phenoxy) is 1. The van der Waals surface area contributed by atoms with Crippen LogP contribution in [0.25, 0.3) is 10.6 Å². The van der Waals surface area contributed by atoms with Crippen molar-refractivity contribution in [1.29, 1.82) is 0 Å². The fourth-order valence-corrected chi connectivity index (χ4v) is 5.00. The van der Waals surface area contributed by atoms with Crippen LogP contribution in [0.2, 0.25) is 4.34 Å². The molecule has 0 bridgehead atoms. The van der Waals surface area contributed by atoms with Crippen molar-refractivity contribution in [3.8, 4) is 10.6 Å². The van der Waals surface area contributed by atoms with Gasteiger partial charge >= 0.3 is 5.97 Å². The van der Waals surface area contributed by atoms with Crippen LogP contribution < -0.4 is 5.32 Å². The first-order valence-corrected chi connectivity index (χ1v) is 12.5. The Hall–Kier alpha value is -2.69. The van der Waals surface area contributed by atoms with Crippen molar-refractivity contribution in [2.45, 2.75) is 52.2 Å². The molecule has 182 valence electrons. The van der Waals surface area contributed by atoms with Gasteiger partial charge in [-0.2, -0.15) is 0 Å². The standard InChI is InChI=1S/C23H28ClN5O4S/c1-4-32-23(31)21-25-12-17(22(30)26-15-7-9-28(10-8-15)14(2)3)29(21)13-16-11-18(33-27-16)19-5-6-20(24)34-19/h5-6,11-12,14-15H,4,7-10,13H2,1-3H3,(H,26,30). The van der Waals surface area contributed by atoms with Crippen molar-refractivity contribution >= 4 is 34.8 Å². The second kappa shape index (κ2) is 10.7. The number of thiophene rings is 1. The molecule has 34 heavy (non-hydrogen) atoms. The van der Waals surface area contributed by atoms with E-state index < -0.39 is 5.97 Å². The highest BCUT2D eigenvalue weighted by Crippen LogP contribution is 2.31. The van der Waals surface area contributed by atoms with Crippen LogP contribution in [0.3, 0.4) is 0 Å². The maximum absolute atomic E-state index is 13.2. The van der Waals surface area contributed by atoms with Crippen molar-refractivity contribution in [1.82, 2.24) is 24.9 Å². The van der Waals surface area contributed by atoms with Crippen LogP contribution in [-0.2, 0) is 11.3 Å². The zero-order chi connectivity index (χ0) is 24.2. The Bertz CT molecular complexity index is 1150. The molecule has 0 spiro atoms. The summed E-state index contributed by atoms with van der Waals surface area (Å²) < 4.78 is 12.8. The second-order valence-corrected chi connectivity index (χ2v) is 10.2. The van der Waals surface area contributed by atoms with E-state index in [1.807, 2.05) is 6.07 Å². The van der Waals surface area contributed by atoms with Crippen LogP contribution >= 0.6 is 22.9 Å². The van der Waals surface area contributed by atoms with Crippen LogP contribution in [0.1, 0.15) is 60.4 Å². The summed E-state index contributed by atoms with van der Waals surface area (Å²) in [7, 11) is 0. The molecule has 4 rings (SSSR count). The van der Waals surface area contributed by atoms with Gasteiger partial charge in [0, 0.05) is 31.2 Å². The molecule has 0 radical (unpaired) electrons. The van der Waals surface area contributed by atoms with Gasteiger partial charge in [-0.1, -0.05) is 16.8 Å². The van der Waals surface area contributed by atoms with E-state index in [9.17, 15) is 9.59 Å². The minimum absolute atomic E-state index is 0.0466. The molecule has 1 N–H and O–H groups in total. The van der Waals surface area contributed by atoms with E-state index in [1.54, 1.807) is 19.1 Å². The van der Waals surface area contributed by atoms with Crippen molar-refractivity contribution in [3.05, 3.63) is 45.9 Å². The number of hydrogen-bond donors (Lipinski definition) is 1. The summed E-state index contributed by atoms with van der Waals surface area (Å²) >= 11 is 7.40. The normalized spacial score (nSPS) is 15.1. The first-order chi connectivity index (χ1) is 16.4. The first-order valence-electron chi connectivity index (χ1n) is 11.3. The third-order valence-electron chi connectivity index (χ3n) is 5.84. The highest BCUT2D eigenvalue weighted by Gasteiger charge is 2.27. The van der Waals surface area contributed by atoms with Crippen LogP contribution in [0.4, 0.5) is 0 Å². The summed E-state index contributed by atoms with van der Waals surface area (Å²) in [5.74, 6) is -0.265. The predicted octanol–water partition coefficient (Wildman–Crippen LogP) is 4.08. The van der Waals surface area contributed by atoms with E-state index in [0.29, 0.717) is 21.8 Å². The highest BCUT2D eigenvalue weighted by molar-refractivity contribution is 7.19. The molecule has 1 saturated heterocycles. The lowest BCUT2D eigenvalue weighted by Gasteiger charge is -2.34. The number of rotatable bonds is 8. The van der Waals surface area contributed by atoms with Gasteiger partial charge < -0.3 is 24.0 Å². The minimum Gasteiger partial charge on any atom is -0.460 e. The summed E-state index contributed by atoms with van der Waals surface area (Å²) in [4.78, 5) is 33.1. The molecule has 0 aliphatic carbocycles. The number of esters is 1. The molecule has 9 nitrogen and oxygen atoms in total. The second-order valence-electron chi connectivity index (χ2n) is 8.44. The number of imidazole rings is 1. The predicted molar refractivity (Wildman–Crippen MR) is 129 cm³/mol. The van der Waals surface area contributed by atoms with Gasteiger partial charge in [0.1, 0.15) is 11.4 Å². The Morgan fingerprint density at radius 3 is 2.74 bits per heavy atom. The lowest BCUT2D eigenvalue weighted by atomic mass is 10.0. The molecular weight excluding hydrogens is 478 g/mol. The third kappa shape index (κ3) is 5.51. The smallest absolute Gasteiger partial charge is 0.374 e. The maximum atomic E-state index is 13.2. The molecule has 0 saturated carbocycles. The maximum Gasteiger partial charge on any atom is 0.374 e. The van der Waals surface area contributed by atoms with E-state index in [4.69, 9.17) is 20.9 Å². The molecule has 4 heterocycles. The Morgan fingerprint density at radius 2 is 2.09 bits per heavy atom. The lowest BCUT2D eigenvalue weighted by Crippen LogP contribution is -2.47. The number of aromatic nitrogens is 3. The molecule has 1 fully saturated rings. The Balaban J connectivity index is 1.53. The quantitative estimate of drug-likeness (QED) is 0.460. The summed E-state index contributed by atoms with van der Waals surface area (Å²) in [6.07, 6.45) is 3.16. The number of amides is 1. The Kier molecular flexibility index (Phi) is 7.70. The first kappa shape index (κ1) is 24.4. The Morgan fingerprint density at radius 1 is 1.32 bits per heavy atom. The Labute approximate surface area is 207 Å². The van der Waals surface area contributed by atoms with Crippen LogP contribution in [0.15, 0.2) is 28.9 Å². The number of carbonyl (C=O) groups excluding carboxylic acids is 2. The number of piperidine rings is 1.